The largest absolute Gasteiger partial charge is 0.444 e. The lowest BCUT2D eigenvalue weighted by Gasteiger charge is -2.33. The second-order valence-corrected chi connectivity index (χ2v) is 9.41. The zero-order valence-corrected chi connectivity index (χ0v) is 18.7. The van der Waals surface area contributed by atoms with Crippen LogP contribution in [0.5, 0.6) is 0 Å². The fourth-order valence-corrected chi connectivity index (χ4v) is 4.17. The van der Waals surface area contributed by atoms with E-state index in [1.54, 1.807) is 16.0 Å². The number of ether oxygens (including phenoxy) is 1. The summed E-state index contributed by atoms with van der Waals surface area (Å²) in [6, 6.07) is 7.55. The lowest BCUT2D eigenvalue weighted by Crippen LogP contribution is -2.41. The van der Waals surface area contributed by atoms with Crippen molar-refractivity contribution in [2.45, 2.75) is 58.2 Å². The van der Waals surface area contributed by atoms with Crippen molar-refractivity contribution in [3.05, 3.63) is 59.2 Å². The third-order valence-electron chi connectivity index (χ3n) is 5.87. The van der Waals surface area contributed by atoms with Gasteiger partial charge in [0.25, 0.3) is 0 Å². The SMILES string of the molecule is CC(C)(C)OC(=O)N1CCC(c2ccc(NC(=O)N3Cc4cncc(F)c4C3)cc2)CC1. The van der Waals surface area contributed by atoms with Crippen LogP contribution in [0.15, 0.2) is 36.7 Å². The van der Waals surface area contributed by atoms with Gasteiger partial charge in [-0.05, 0) is 62.8 Å². The van der Waals surface area contributed by atoms with Crippen LogP contribution in [0.4, 0.5) is 19.7 Å². The van der Waals surface area contributed by atoms with E-state index in [4.69, 9.17) is 4.74 Å². The summed E-state index contributed by atoms with van der Waals surface area (Å²) in [7, 11) is 0. The van der Waals surface area contributed by atoms with Gasteiger partial charge in [-0.3, -0.25) is 4.98 Å². The molecule has 0 radical (unpaired) electrons. The molecule has 32 heavy (non-hydrogen) atoms. The number of likely N-dealkylation sites (tertiary alicyclic amines) is 1. The number of nitrogens with one attached hydrogen (secondary N) is 1. The van der Waals surface area contributed by atoms with Crippen LogP contribution in [0.3, 0.4) is 0 Å². The van der Waals surface area contributed by atoms with Crippen molar-refractivity contribution in [1.29, 1.82) is 0 Å². The molecule has 0 saturated carbocycles. The molecule has 0 atom stereocenters. The van der Waals surface area contributed by atoms with Gasteiger partial charge in [-0.15, -0.1) is 0 Å². The average Bonchev–Trinajstić information content (AvgIpc) is 3.19. The van der Waals surface area contributed by atoms with E-state index in [-0.39, 0.29) is 24.5 Å². The molecule has 170 valence electrons. The molecule has 0 unspecified atom stereocenters. The molecule has 1 saturated heterocycles. The number of amides is 3. The smallest absolute Gasteiger partial charge is 0.410 e. The van der Waals surface area contributed by atoms with Crippen LogP contribution in [-0.2, 0) is 17.8 Å². The molecule has 4 rings (SSSR count). The van der Waals surface area contributed by atoms with Crippen molar-refractivity contribution in [2.75, 3.05) is 18.4 Å². The van der Waals surface area contributed by atoms with Gasteiger partial charge in [0.2, 0.25) is 0 Å². The first-order valence-corrected chi connectivity index (χ1v) is 10.9. The van der Waals surface area contributed by atoms with Gasteiger partial charge in [0, 0.05) is 37.1 Å². The number of rotatable bonds is 2. The molecule has 1 aromatic heterocycles. The van der Waals surface area contributed by atoms with Gasteiger partial charge in [0.05, 0.1) is 12.7 Å². The Morgan fingerprint density at radius 2 is 1.75 bits per heavy atom. The van der Waals surface area contributed by atoms with E-state index in [0.717, 1.165) is 18.4 Å². The first-order chi connectivity index (χ1) is 15.2. The predicted molar refractivity (Wildman–Crippen MR) is 119 cm³/mol. The van der Waals surface area contributed by atoms with Crippen molar-refractivity contribution in [3.63, 3.8) is 0 Å². The molecule has 1 aromatic carbocycles. The molecular weight excluding hydrogens is 411 g/mol. The van der Waals surface area contributed by atoms with E-state index in [1.807, 2.05) is 45.0 Å². The first kappa shape index (κ1) is 22.0. The lowest BCUT2D eigenvalue weighted by molar-refractivity contribution is 0.0205. The number of piperidine rings is 1. The highest BCUT2D eigenvalue weighted by molar-refractivity contribution is 5.89. The molecule has 2 aliphatic rings. The van der Waals surface area contributed by atoms with Crippen molar-refractivity contribution >= 4 is 17.8 Å². The standard InChI is InChI=1S/C24H29FN4O3/c1-24(2,3)32-23(31)28-10-8-17(9-11-28)16-4-6-19(7-5-16)27-22(30)29-14-18-12-26-13-21(25)20(18)15-29/h4-7,12-13,17H,8-11,14-15H2,1-3H3,(H,27,30). The highest BCUT2D eigenvalue weighted by atomic mass is 19.1. The van der Waals surface area contributed by atoms with Crippen LogP contribution in [0.25, 0.3) is 0 Å². The number of urea groups is 1. The topological polar surface area (TPSA) is 74.8 Å². The Balaban J connectivity index is 1.29. The van der Waals surface area contributed by atoms with Gasteiger partial charge < -0.3 is 19.9 Å². The quantitative estimate of drug-likeness (QED) is 0.722. The van der Waals surface area contributed by atoms with Gasteiger partial charge in [0.1, 0.15) is 11.4 Å². The normalized spacial score (nSPS) is 16.6. The second kappa shape index (κ2) is 8.76. The Bertz CT molecular complexity index is 995. The molecule has 8 heteroatoms. The number of fused-ring (bicyclic) bond motifs is 1. The highest BCUT2D eigenvalue weighted by Crippen LogP contribution is 2.30. The summed E-state index contributed by atoms with van der Waals surface area (Å²) < 4.78 is 19.3. The Morgan fingerprint density at radius 3 is 2.38 bits per heavy atom. The number of aromatic nitrogens is 1. The number of benzene rings is 1. The Kier molecular flexibility index (Phi) is 6.04. The minimum Gasteiger partial charge on any atom is -0.444 e. The number of halogens is 1. The predicted octanol–water partition coefficient (Wildman–Crippen LogP) is 4.88. The van der Waals surface area contributed by atoms with E-state index in [0.29, 0.717) is 36.8 Å². The van der Waals surface area contributed by atoms with E-state index in [2.05, 4.69) is 10.3 Å². The van der Waals surface area contributed by atoms with Crippen LogP contribution in [0.1, 0.15) is 56.2 Å². The molecule has 3 heterocycles. The number of anilines is 1. The van der Waals surface area contributed by atoms with E-state index in [1.165, 1.54) is 11.8 Å². The van der Waals surface area contributed by atoms with E-state index in [9.17, 15) is 14.0 Å². The third-order valence-corrected chi connectivity index (χ3v) is 5.87. The maximum atomic E-state index is 13.9. The first-order valence-electron chi connectivity index (χ1n) is 10.9. The Hall–Kier alpha value is -3.16. The number of carbonyl (C=O) groups is 2. The maximum Gasteiger partial charge on any atom is 0.410 e. The van der Waals surface area contributed by atoms with Gasteiger partial charge in [-0.2, -0.15) is 0 Å². The Labute approximate surface area is 187 Å². The maximum absolute atomic E-state index is 13.9. The summed E-state index contributed by atoms with van der Waals surface area (Å²) >= 11 is 0. The van der Waals surface area contributed by atoms with Gasteiger partial charge >= 0.3 is 12.1 Å². The van der Waals surface area contributed by atoms with Gasteiger partial charge in [-0.25, -0.2) is 14.0 Å². The van der Waals surface area contributed by atoms with Gasteiger partial charge in [0.15, 0.2) is 0 Å². The van der Waals surface area contributed by atoms with Crippen molar-refractivity contribution in [2.24, 2.45) is 0 Å². The minimum absolute atomic E-state index is 0.240. The molecule has 2 aliphatic heterocycles. The summed E-state index contributed by atoms with van der Waals surface area (Å²) in [5.41, 5.74) is 2.67. The third kappa shape index (κ3) is 5.00. The number of hydrogen-bond acceptors (Lipinski definition) is 4. The van der Waals surface area contributed by atoms with Crippen LogP contribution < -0.4 is 5.32 Å². The van der Waals surface area contributed by atoms with Gasteiger partial charge in [-0.1, -0.05) is 12.1 Å². The van der Waals surface area contributed by atoms with Crippen molar-refractivity contribution in [1.82, 2.24) is 14.8 Å². The minimum atomic E-state index is -0.489. The molecule has 0 bridgehead atoms. The van der Waals surface area contributed by atoms with Crippen molar-refractivity contribution < 1.29 is 18.7 Å². The molecular formula is C24H29FN4O3. The molecule has 0 spiro atoms. The number of pyridine rings is 1. The average molecular weight is 441 g/mol. The summed E-state index contributed by atoms with van der Waals surface area (Å²) in [6.45, 7) is 7.53. The van der Waals surface area contributed by atoms with Crippen LogP contribution in [-0.4, -0.2) is 45.6 Å². The molecule has 0 aliphatic carbocycles. The zero-order chi connectivity index (χ0) is 22.9. The molecule has 1 N–H and O–H groups in total. The van der Waals surface area contributed by atoms with Crippen LogP contribution in [0.2, 0.25) is 0 Å². The monoisotopic (exact) mass is 440 g/mol. The Morgan fingerprint density at radius 1 is 1.06 bits per heavy atom. The van der Waals surface area contributed by atoms with E-state index < -0.39 is 5.60 Å². The summed E-state index contributed by atoms with van der Waals surface area (Å²) in [5.74, 6) is -0.0122. The molecule has 7 nitrogen and oxygen atoms in total. The van der Waals surface area contributed by atoms with E-state index >= 15 is 0 Å². The number of nitrogens with zero attached hydrogens (tertiary/aromatic N) is 3. The fraction of sp³-hybridized carbons (Fsp3) is 0.458. The summed E-state index contributed by atoms with van der Waals surface area (Å²) in [6.07, 6.45) is 4.27. The molecule has 2 aromatic rings. The molecule has 3 amide bonds. The lowest BCUT2D eigenvalue weighted by atomic mass is 9.89. The number of hydrogen-bond donors (Lipinski definition) is 1. The highest BCUT2D eigenvalue weighted by Gasteiger charge is 2.28. The van der Waals surface area contributed by atoms with Crippen molar-refractivity contribution in [3.8, 4) is 0 Å². The second-order valence-electron chi connectivity index (χ2n) is 9.41. The molecule has 1 fully saturated rings. The summed E-state index contributed by atoms with van der Waals surface area (Å²) in [5, 5.41) is 2.89. The fourth-order valence-electron chi connectivity index (χ4n) is 4.17. The zero-order valence-electron chi connectivity index (χ0n) is 18.7. The summed E-state index contributed by atoms with van der Waals surface area (Å²) in [4.78, 5) is 32.0. The number of carbonyl (C=O) groups excluding carboxylic acids is 2. The van der Waals surface area contributed by atoms with Crippen LogP contribution in [0, 0.1) is 5.82 Å². The van der Waals surface area contributed by atoms with Crippen LogP contribution >= 0.6 is 0 Å².